The van der Waals surface area contributed by atoms with E-state index < -0.39 is 0 Å². The number of fused-ring (bicyclic) bond motifs is 1. The van der Waals surface area contributed by atoms with Crippen LogP contribution in [0.2, 0.25) is 0 Å². The molecule has 172 valence electrons. The van der Waals surface area contributed by atoms with Gasteiger partial charge in [0.25, 0.3) is 0 Å². The van der Waals surface area contributed by atoms with E-state index in [-0.39, 0.29) is 11.9 Å². The number of nitrogens with one attached hydrogen (secondary N) is 1. The molecule has 1 atom stereocenters. The third-order valence-corrected chi connectivity index (χ3v) is 5.75. The molecule has 3 aromatic heterocycles. The summed E-state index contributed by atoms with van der Waals surface area (Å²) in [6.45, 7) is 6.49. The second-order valence-corrected chi connectivity index (χ2v) is 8.39. The number of hydrogen-bond donors (Lipinski definition) is 1. The highest BCUT2D eigenvalue weighted by Crippen LogP contribution is 2.35. The normalized spacial score (nSPS) is 12.1. The molecule has 4 rings (SSSR count). The minimum Gasteiger partial charge on any atom is -0.496 e. The van der Waals surface area contributed by atoms with Gasteiger partial charge in [-0.3, -0.25) is 4.79 Å². The molecule has 0 bridgehead atoms. The molecule has 7 nitrogen and oxygen atoms in total. The van der Waals surface area contributed by atoms with Gasteiger partial charge < -0.3 is 14.5 Å². The van der Waals surface area contributed by atoms with E-state index in [2.05, 4.69) is 18.3 Å². The molecular weight excluding hydrogens is 416 g/mol. The predicted molar refractivity (Wildman–Crippen MR) is 128 cm³/mol. The first-order chi connectivity index (χ1) is 16.0. The van der Waals surface area contributed by atoms with E-state index in [1.54, 1.807) is 13.4 Å². The minimum atomic E-state index is -0.00573. The lowest BCUT2D eigenvalue weighted by molar-refractivity contribution is -0.122. The molecule has 0 aliphatic carbocycles. The van der Waals surface area contributed by atoms with Crippen LogP contribution in [0.15, 0.2) is 53.1 Å². The molecule has 0 fully saturated rings. The van der Waals surface area contributed by atoms with Gasteiger partial charge in [-0.25, -0.2) is 9.67 Å². The van der Waals surface area contributed by atoms with Crippen LogP contribution in [0.25, 0.3) is 22.3 Å². The van der Waals surface area contributed by atoms with Crippen LogP contribution in [0.1, 0.15) is 36.8 Å². The third-order valence-electron chi connectivity index (χ3n) is 5.75. The van der Waals surface area contributed by atoms with Gasteiger partial charge in [-0.1, -0.05) is 12.1 Å². The maximum atomic E-state index is 12.6. The van der Waals surface area contributed by atoms with E-state index in [1.807, 2.05) is 54.9 Å². The lowest BCUT2D eigenvalue weighted by Gasteiger charge is -2.13. The molecule has 0 radical (unpaired) electrons. The Morgan fingerprint density at radius 3 is 2.79 bits per heavy atom. The fourth-order valence-electron chi connectivity index (χ4n) is 4.14. The number of carbonyl (C=O) groups excluding carboxylic acids is 1. The number of furan rings is 1. The molecular formula is C26H30N4O3. The van der Waals surface area contributed by atoms with Crippen molar-refractivity contribution in [3.8, 4) is 17.0 Å². The van der Waals surface area contributed by atoms with Crippen LogP contribution in [-0.4, -0.2) is 33.8 Å². The second-order valence-electron chi connectivity index (χ2n) is 8.39. The van der Waals surface area contributed by atoms with Gasteiger partial charge in [0.2, 0.25) is 5.91 Å². The van der Waals surface area contributed by atoms with Crippen LogP contribution in [0.4, 0.5) is 0 Å². The number of nitrogens with zero attached hydrogens (tertiary/aromatic N) is 3. The zero-order chi connectivity index (χ0) is 23.4. The van der Waals surface area contributed by atoms with Gasteiger partial charge in [0.1, 0.15) is 17.2 Å². The van der Waals surface area contributed by atoms with Gasteiger partial charge in [-0.15, -0.1) is 0 Å². The number of amides is 1. The predicted octanol–water partition coefficient (Wildman–Crippen LogP) is 4.84. The van der Waals surface area contributed by atoms with Gasteiger partial charge in [0.15, 0.2) is 5.65 Å². The molecule has 0 saturated heterocycles. The molecule has 0 aliphatic heterocycles. The number of methoxy groups -OCH3 is 1. The Bertz CT molecular complexity index is 1240. The van der Waals surface area contributed by atoms with Crippen LogP contribution in [0.5, 0.6) is 5.75 Å². The maximum Gasteiger partial charge on any atom is 0.222 e. The highest BCUT2D eigenvalue weighted by molar-refractivity contribution is 5.95. The van der Waals surface area contributed by atoms with Crippen molar-refractivity contribution in [1.82, 2.24) is 20.1 Å². The van der Waals surface area contributed by atoms with Gasteiger partial charge in [-0.2, -0.15) is 5.10 Å². The highest BCUT2D eigenvalue weighted by Gasteiger charge is 2.19. The molecule has 0 saturated carbocycles. The van der Waals surface area contributed by atoms with Crippen molar-refractivity contribution in [3.63, 3.8) is 0 Å². The molecule has 1 amide bonds. The summed E-state index contributed by atoms with van der Waals surface area (Å²) in [4.78, 5) is 17.4. The number of pyridine rings is 1. The van der Waals surface area contributed by atoms with Crippen molar-refractivity contribution in [3.05, 3.63) is 65.7 Å². The van der Waals surface area contributed by atoms with Crippen LogP contribution >= 0.6 is 0 Å². The number of para-hydroxylation sites is 1. The number of ether oxygens (including phenoxy) is 1. The van der Waals surface area contributed by atoms with Crippen LogP contribution in [0, 0.1) is 13.8 Å². The van der Waals surface area contributed by atoms with E-state index in [1.165, 1.54) is 0 Å². The first-order valence-electron chi connectivity index (χ1n) is 11.3. The summed E-state index contributed by atoms with van der Waals surface area (Å²) in [6.07, 6.45) is 3.61. The average molecular weight is 447 g/mol. The summed E-state index contributed by atoms with van der Waals surface area (Å²) in [7, 11) is 1.66. The maximum absolute atomic E-state index is 12.6. The number of carbonyl (C=O) groups is 1. The average Bonchev–Trinajstić information content (AvgIpc) is 3.44. The SMILES string of the molecule is COc1ccccc1-c1nn(CCC(=O)N[C@@H](C)CCc2ccco2)c2nc(C)cc(C)c12. The molecule has 4 aromatic rings. The standard InChI is InChI=1S/C26H30N4O3/c1-17-16-19(3)28-26-24(17)25(21-9-5-6-10-22(21)32-4)29-30(26)14-13-23(31)27-18(2)11-12-20-8-7-15-33-20/h5-10,15-16,18H,11-14H2,1-4H3,(H,27,31)/t18-/m0/s1. The summed E-state index contributed by atoms with van der Waals surface area (Å²) in [5.74, 6) is 1.68. The summed E-state index contributed by atoms with van der Waals surface area (Å²) >= 11 is 0. The second kappa shape index (κ2) is 9.90. The Balaban J connectivity index is 1.52. The molecule has 0 spiro atoms. The molecule has 0 aliphatic rings. The van der Waals surface area contributed by atoms with E-state index in [4.69, 9.17) is 19.2 Å². The summed E-state index contributed by atoms with van der Waals surface area (Å²) in [5.41, 5.74) is 4.53. The summed E-state index contributed by atoms with van der Waals surface area (Å²) in [5, 5.41) is 8.93. The van der Waals surface area contributed by atoms with Crippen molar-refractivity contribution in [1.29, 1.82) is 0 Å². The van der Waals surface area contributed by atoms with E-state index in [9.17, 15) is 4.79 Å². The zero-order valence-corrected chi connectivity index (χ0v) is 19.6. The van der Waals surface area contributed by atoms with Crippen molar-refractivity contribution in [2.75, 3.05) is 7.11 Å². The Kier molecular flexibility index (Phi) is 6.77. The third kappa shape index (κ3) is 5.08. The van der Waals surface area contributed by atoms with E-state index >= 15 is 0 Å². The molecule has 1 N–H and O–H groups in total. The van der Waals surface area contributed by atoms with Gasteiger partial charge in [0, 0.05) is 30.1 Å². The number of aromatic nitrogens is 3. The quantitative estimate of drug-likeness (QED) is 0.398. The summed E-state index contributed by atoms with van der Waals surface area (Å²) in [6, 6.07) is 13.8. The molecule has 3 heterocycles. The zero-order valence-electron chi connectivity index (χ0n) is 19.6. The fraction of sp³-hybridized carbons (Fsp3) is 0.346. The van der Waals surface area contributed by atoms with Crippen LogP contribution in [-0.2, 0) is 17.8 Å². The number of benzene rings is 1. The molecule has 1 aromatic carbocycles. The number of aryl methyl sites for hydroxylation is 4. The molecule has 33 heavy (non-hydrogen) atoms. The van der Waals surface area contributed by atoms with E-state index in [0.717, 1.165) is 57.9 Å². The fourth-order valence-corrected chi connectivity index (χ4v) is 4.14. The minimum absolute atomic E-state index is 0.00573. The highest BCUT2D eigenvalue weighted by atomic mass is 16.5. The van der Waals surface area contributed by atoms with Crippen molar-refractivity contribution < 1.29 is 13.9 Å². The Morgan fingerprint density at radius 1 is 1.21 bits per heavy atom. The lowest BCUT2D eigenvalue weighted by atomic mass is 10.0. The van der Waals surface area contributed by atoms with Gasteiger partial charge >= 0.3 is 0 Å². The van der Waals surface area contributed by atoms with Crippen molar-refractivity contribution >= 4 is 16.9 Å². The van der Waals surface area contributed by atoms with Crippen LogP contribution < -0.4 is 10.1 Å². The van der Waals surface area contributed by atoms with Gasteiger partial charge in [0.05, 0.1) is 25.3 Å². The Hall–Kier alpha value is -3.61. The monoisotopic (exact) mass is 446 g/mol. The Morgan fingerprint density at radius 2 is 2.03 bits per heavy atom. The summed E-state index contributed by atoms with van der Waals surface area (Å²) < 4.78 is 12.8. The Labute approximate surface area is 193 Å². The number of rotatable bonds is 9. The van der Waals surface area contributed by atoms with Crippen molar-refractivity contribution in [2.24, 2.45) is 0 Å². The van der Waals surface area contributed by atoms with Gasteiger partial charge in [-0.05, 0) is 63.1 Å². The van der Waals surface area contributed by atoms with Crippen LogP contribution in [0.3, 0.4) is 0 Å². The smallest absolute Gasteiger partial charge is 0.222 e. The first kappa shape index (κ1) is 22.6. The largest absolute Gasteiger partial charge is 0.496 e. The first-order valence-corrected chi connectivity index (χ1v) is 11.3. The molecule has 7 heteroatoms. The van der Waals surface area contributed by atoms with E-state index in [0.29, 0.717) is 13.0 Å². The van der Waals surface area contributed by atoms with Crippen molar-refractivity contribution in [2.45, 2.75) is 52.6 Å². The lowest BCUT2D eigenvalue weighted by Crippen LogP contribution is -2.33. The topological polar surface area (TPSA) is 82.2 Å². The number of hydrogen-bond acceptors (Lipinski definition) is 5. The molecule has 0 unspecified atom stereocenters.